The molecule has 0 atom stereocenters. The minimum Gasteiger partial charge on any atom is -0.0622 e. The predicted octanol–water partition coefficient (Wildman–Crippen LogP) is 21.5. The second kappa shape index (κ2) is 82.8. The largest absolute Gasteiger partial charge is 1.00 e. The number of aromatic hydroxyl groups is 1. The first-order chi connectivity index (χ1) is 64.5. The number of phenols is 1. The third-order valence-corrected chi connectivity index (χ3v) is 23.4. The molecule has 0 aliphatic heterocycles. The first-order valence-electron chi connectivity index (χ1n) is 41.4. The number of alkyl halides is 1. The number of aromatic carboxylic acids is 1. The molecule has 32 heteroatoms. The molecule has 11 rings (SSSR count). The summed E-state index contributed by atoms with van der Waals surface area (Å²) < 4.78 is 40.4. The third kappa shape index (κ3) is 53.1. The quantitative estimate of drug-likeness (QED) is 0.00273. The molecule has 0 fully saturated rings. The van der Waals surface area contributed by atoms with Gasteiger partial charge in [0.2, 0.25) is 0 Å². The molecule has 718 valence electrons. The van der Waals surface area contributed by atoms with Crippen molar-refractivity contribution >= 4 is 151 Å². The molecule has 0 heterocycles. The van der Waals surface area contributed by atoms with Crippen LogP contribution in [0.1, 0.15) is 169 Å². The number of benzene rings is 11. The minimum absolute atomic E-state index is 0. The minimum atomic E-state index is -0.918. The van der Waals surface area contributed by atoms with Gasteiger partial charge in [-0.2, -0.15) is 0 Å². The zero-order valence-electron chi connectivity index (χ0n) is 78.3. The topological polar surface area (TPSA) is 330 Å². The Labute approximate surface area is 863 Å². The van der Waals surface area contributed by atoms with Crippen LogP contribution in [0, 0.1) is 24.2 Å². The van der Waals surface area contributed by atoms with Crippen LogP contribution in [0.15, 0.2) is 303 Å². The maximum atomic E-state index is 11.4. The van der Waals surface area contributed by atoms with Gasteiger partial charge in [0.15, 0.2) is 0 Å². The molecule has 0 amide bonds. The monoisotopic (exact) mass is 2250 g/mol. The van der Waals surface area contributed by atoms with Crippen molar-refractivity contribution in [2.45, 2.75) is 112 Å². The molecular weight excluding hydrogens is 2130 g/mol. The Morgan fingerprint density at radius 2 is 0.746 bits per heavy atom. The van der Waals surface area contributed by atoms with Crippen molar-refractivity contribution in [2.24, 2.45) is 26.7 Å². The molecule has 0 spiro atoms. The van der Waals surface area contributed by atoms with Gasteiger partial charge >= 0.3 is 94.4 Å². The Hall–Kier alpha value is -9.60. The van der Waals surface area contributed by atoms with E-state index in [1.54, 1.807) is 108 Å². The Morgan fingerprint density at radius 1 is 0.448 bits per heavy atom. The number of halogens is 5. The number of ether oxygens (including phenoxy) is 8. The first kappa shape index (κ1) is 126. The number of esters is 4. The number of aliphatic hydroxyl groups is 1. The van der Waals surface area contributed by atoms with Crippen molar-refractivity contribution in [3.05, 3.63) is 332 Å². The van der Waals surface area contributed by atoms with Gasteiger partial charge in [-0.25, -0.2) is 34.4 Å². The number of unbranched alkanes of at least 4 members (excludes halogenated alkanes) is 6. The zero-order chi connectivity index (χ0) is 99.2. The third-order valence-electron chi connectivity index (χ3n) is 17.2. The number of hydrogen-bond acceptors (Lipinski definition) is 18. The normalized spacial score (nSPS) is 9.57. The number of aryl methyl sites for hydroxylation is 2. The molecule has 11 aromatic rings. The molecule has 0 unspecified atom stereocenters. The van der Waals surface area contributed by atoms with Gasteiger partial charge in [0.1, 0.15) is 28.7 Å². The van der Waals surface area contributed by atoms with E-state index < -0.39 is 27.8 Å². The van der Waals surface area contributed by atoms with Gasteiger partial charge in [-0.05, 0) is 220 Å². The van der Waals surface area contributed by atoms with Crippen LogP contribution >= 0.6 is 89.4 Å². The Kier molecular flexibility index (Phi) is 78.2. The van der Waals surface area contributed by atoms with Crippen LogP contribution in [0.25, 0.3) is 5.59 Å². The number of aliphatic hydroxyl groups excluding tert-OH is 1. The number of nitrogens with two attached hydrogens (primary N) is 1. The molecule has 0 aliphatic rings. The van der Waals surface area contributed by atoms with Gasteiger partial charge in [-0.15, -0.1) is 17.6 Å². The number of carbonyl (C=O) groups is 5. The van der Waals surface area contributed by atoms with Crippen LogP contribution in [0.4, 0.5) is 0 Å². The van der Waals surface area contributed by atoms with E-state index in [0.717, 1.165) is 78.3 Å². The summed E-state index contributed by atoms with van der Waals surface area (Å²) in [5.74, 6) is 13.3. The number of carboxylic acid groups (broad SMARTS) is 1. The van der Waals surface area contributed by atoms with E-state index in [-0.39, 0.29) is 82.8 Å². The predicted molar refractivity (Wildman–Crippen MR) is 556 cm³/mol. The summed E-state index contributed by atoms with van der Waals surface area (Å²) in [5, 5.41) is 52.3. The number of methoxy groups -OCH3 is 8. The van der Waals surface area contributed by atoms with E-state index in [1.807, 2.05) is 17.1 Å². The molecule has 134 heavy (non-hydrogen) atoms. The summed E-state index contributed by atoms with van der Waals surface area (Å²) in [6.07, 6.45) is 17.7. The summed E-state index contributed by atoms with van der Waals surface area (Å²) in [6, 6.07) is 89.8. The number of hydrogen-bond donors (Lipinski definition) is 5. The Balaban J connectivity index is -0.00000146. The second-order valence-corrected chi connectivity index (χ2v) is 34.7. The second-order valence-electron chi connectivity index (χ2n) is 26.2. The van der Waals surface area contributed by atoms with Crippen molar-refractivity contribution in [3.8, 4) is 52.9 Å². The number of carbonyl (C=O) groups excluding carboxylic acids is 4. The number of terminal acetylenes is 1. The average Bonchev–Trinajstić information content (AvgIpc) is 0.859. The molecule has 6 N–H and O–H groups in total. The van der Waals surface area contributed by atoms with Gasteiger partial charge in [-0.1, -0.05) is 287 Å². The van der Waals surface area contributed by atoms with E-state index in [4.69, 9.17) is 59.8 Å². The summed E-state index contributed by atoms with van der Waals surface area (Å²) in [7, 11) is 20.4. The zero-order valence-corrected chi connectivity index (χ0v) is 90.4. The number of carboxylic acids is 1. The fourth-order valence-corrected chi connectivity index (χ4v) is 16.2. The first-order valence-corrected chi connectivity index (χ1v) is 51.9. The van der Waals surface area contributed by atoms with Gasteiger partial charge in [-0.3, -0.25) is 5.59 Å². The van der Waals surface area contributed by atoms with Gasteiger partial charge < -0.3 is 64.3 Å². The van der Waals surface area contributed by atoms with Crippen molar-refractivity contribution in [1.29, 1.82) is 0 Å². The van der Waals surface area contributed by atoms with Crippen LogP contribution in [0.3, 0.4) is 0 Å². The van der Waals surface area contributed by atoms with Crippen molar-refractivity contribution in [2.75, 3.05) is 68.4 Å². The molecule has 0 aliphatic carbocycles. The summed E-state index contributed by atoms with van der Waals surface area (Å²) in [5.41, 5.74) is 7.31. The summed E-state index contributed by atoms with van der Waals surface area (Å²) >= 11 is 8.43. The SMILES string of the molecule is C#CCCC.CCCC#Cc1ccc(C(=O)OC)cc1OC.CCCCCc1ccc(C(=O)O)cc1OC.CCCCCc1ccc(C(=O)OC)cc1OC.CCO.CI.COC(=O)c1ccc(Br)c(O)c1.COC(=O)c1ccc(Br)c(OC)c1.N/N=N/N=N/[N-]O.[Cl][Pd][Cl].[HH].[Na+].c1ccc(P(c2ccccc2)c2ccccc2)cc1.c1ccc(P(c2ccccc2)c2ccccc2)cc1. The smallest absolute Gasteiger partial charge is 0.0622 e. The van der Waals surface area contributed by atoms with Gasteiger partial charge in [0.05, 0.1) is 99.2 Å². The standard InChI is InChI=1S/2C18H15P.C14H20O3.C14H16O3.C13H18O3.C9H9BrO3.C8H7BrO3.C5H8.C2H6O.CH3I.2ClH.H3N6O.Na.Pd.H2/c2*1-4-10-16(11-5-1)19(17-12-6-2-7-13-17)18-14-8-3-9-15-18;2*1-4-5-6-7-11-8-9-12(14(15)17-3)10-13(11)16-2;1-3-4-5-6-10-7-8-11(13(14)15)9-12(10)16-2;1-12-8-5-6(9(11)13-2)3-4-7(8)10;1-12-8(11)5-2-3-6(9)7(10)4-5;1-3-5-4-2;1-2-3;1-2;;;1-2-3-4-5-6-7;;;/h2*1-15H;8-10H,4-7H2,1-3H3;8-10H,4-5H2,1-3H3;7-9H,3-6H2,1-2H3,(H,14,15);3-5H,1-2H3;2-4,10H,1H3;1H,4-5H2,2H3;3H,2H2,1H3;1H3;2*1H;(H3-,1,2,3,4,5,6,7);;;1H/q;;;;;;;;;;;;-1;+1;+2;/p-2. The molecular formula is C102H122Br2Cl2IN6NaO17P2Pd. The molecule has 0 radical (unpaired) electrons. The molecule has 0 saturated heterocycles. The van der Waals surface area contributed by atoms with E-state index in [0.29, 0.717) is 44.0 Å². The molecule has 23 nitrogen and oxygen atoms in total. The Bertz CT molecular complexity index is 4890. The fraction of sp³-hybridized carbons (Fsp3) is 0.265. The fourth-order valence-electron chi connectivity index (χ4n) is 11.0. The molecule has 0 bridgehead atoms. The van der Waals surface area contributed by atoms with E-state index >= 15 is 0 Å². The number of nitrogens with zero attached hydrogens (tertiary/aromatic N) is 5. The number of phenolic OH excluding ortho intramolecular Hbond substituents is 1. The van der Waals surface area contributed by atoms with Crippen LogP contribution in [0.5, 0.6) is 28.7 Å². The van der Waals surface area contributed by atoms with Gasteiger partial charge in [0, 0.05) is 20.9 Å². The number of rotatable bonds is 27. The van der Waals surface area contributed by atoms with Crippen LogP contribution in [-0.2, 0) is 47.7 Å². The summed E-state index contributed by atoms with van der Waals surface area (Å²) in [4.78, 5) is 57.5. The van der Waals surface area contributed by atoms with Crippen LogP contribution in [-0.4, -0.2) is 119 Å². The molecule has 0 aromatic heterocycles. The average molecular weight is 2250 g/mol. The van der Waals surface area contributed by atoms with Gasteiger partial charge in [0.25, 0.3) is 0 Å². The molecule has 0 saturated carbocycles. The van der Waals surface area contributed by atoms with Crippen molar-refractivity contribution < 1.29 is 129 Å². The van der Waals surface area contributed by atoms with Crippen LogP contribution < -0.4 is 86.2 Å². The maximum Gasteiger partial charge on any atom is 1.00 e. The maximum absolute atomic E-state index is 11.4. The van der Waals surface area contributed by atoms with Crippen molar-refractivity contribution in [3.63, 3.8) is 0 Å². The Morgan fingerprint density at radius 3 is 1.03 bits per heavy atom. The van der Waals surface area contributed by atoms with E-state index in [9.17, 15) is 29.1 Å². The summed E-state index contributed by atoms with van der Waals surface area (Å²) in [6.45, 7) is 10.4. The van der Waals surface area contributed by atoms with E-state index in [1.165, 1.54) is 92.0 Å². The van der Waals surface area contributed by atoms with Crippen LogP contribution in [0.2, 0.25) is 0 Å². The van der Waals surface area contributed by atoms with Crippen molar-refractivity contribution in [1.82, 2.24) is 0 Å². The molecule has 11 aromatic carbocycles. The van der Waals surface area contributed by atoms with E-state index in [2.05, 4.69) is 333 Å².